The largest absolute Gasteiger partial charge is 0.444 e. The second-order valence-corrected chi connectivity index (χ2v) is 8.86. The van der Waals surface area contributed by atoms with Gasteiger partial charge in [-0.1, -0.05) is 23.7 Å². The molecule has 1 aromatic rings. The fourth-order valence-electron chi connectivity index (χ4n) is 3.17. The van der Waals surface area contributed by atoms with Crippen LogP contribution in [0.1, 0.15) is 53.0 Å². The third-order valence-corrected chi connectivity index (χ3v) is 4.92. The van der Waals surface area contributed by atoms with Gasteiger partial charge in [0, 0.05) is 36.6 Å². The Hall–Kier alpha value is -1.75. The molecule has 6 heteroatoms. The molecule has 2 amide bonds. The van der Waals surface area contributed by atoms with Crippen LogP contribution in [0.15, 0.2) is 24.3 Å². The summed E-state index contributed by atoms with van der Waals surface area (Å²) in [4.78, 5) is 28.9. The lowest BCUT2D eigenvalue weighted by atomic mass is 9.94. The second-order valence-electron chi connectivity index (χ2n) is 8.43. The number of benzene rings is 1. The van der Waals surface area contributed by atoms with Crippen LogP contribution in [-0.4, -0.2) is 46.5 Å². The van der Waals surface area contributed by atoms with Crippen LogP contribution in [0.25, 0.3) is 0 Å². The number of carbonyl (C=O) groups is 2. The summed E-state index contributed by atoms with van der Waals surface area (Å²) in [5.41, 5.74) is 0.559. The van der Waals surface area contributed by atoms with Crippen LogP contribution >= 0.6 is 11.6 Å². The van der Waals surface area contributed by atoms with Crippen molar-refractivity contribution < 1.29 is 14.3 Å². The minimum atomic E-state index is -0.503. The molecule has 5 nitrogen and oxygen atoms in total. The van der Waals surface area contributed by atoms with E-state index in [1.165, 1.54) is 0 Å². The summed E-state index contributed by atoms with van der Waals surface area (Å²) in [6.45, 7) is 11.3. The normalized spacial score (nSPS) is 15.7. The van der Waals surface area contributed by atoms with Gasteiger partial charge in [-0.15, -0.1) is 0 Å². The van der Waals surface area contributed by atoms with Crippen molar-refractivity contribution in [2.75, 3.05) is 13.1 Å². The Labute approximate surface area is 167 Å². The van der Waals surface area contributed by atoms with E-state index in [2.05, 4.69) is 0 Å². The number of rotatable bonds is 4. The fraction of sp³-hybridized carbons (Fsp3) is 0.619. The molecule has 0 aliphatic carbocycles. The summed E-state index contributed by atoms with van der Waals surface area (Å²) in [6, 6.07) is 7.71. The molecule has 0 atom stereocenters. The van der Waals surface area contributed by atoms with Crippen LogP contribution in [0.5, 0.6) is 0 Å². The molecule has 2 rings (SSSR count). The molecule has 0 aromatic heterocycles. The molecule has 1 aliphatic rings. The summed E-state index contributed by atoms with van der Waals surface area (Å²) in [6.07, 6.45) is 1.04. The van der Waals surface area contributed by atoms with Crippen molar-refractivity contribution in [3.8, 4) is 0 Å². The van der Waals surface area contributed by atoms with Gasteiger partial charge in [0.2, 0.25) is 5.91 Å². The van der Waals surface area contributed by atoms with Gasteiger partial charge in [-0.05, 0) is 65.2 Å². The Kier molecular flexibility index (Phi) is 7.15. The van der Waals surface area contributed by atoms with Crippen LogP contribution in [0.2, 0.25) is 5.02 Å². The standard InChI is InChI=1S/C21H31ClN2O3/c1-15(2)24(14-16-6-8-18(22)9-7-16)19(25)17-10-12-23(13-11-17)20(26)27-21(3,4)5/h6-9,15,17H,10-14H2,1-5H3. The van der Waals surface area contributed by atoms with Gasteiger partial charge < -0.3 is 14.5 Å². The van der Waals surface area contributed by atoms with Crippen LogP contribution < -0.4 is 0 Å². The van der Waals surface area contributed by atoms with Crippen molar-refractivity contribution >= 4 is 23.6 Å². The monoisotopic (exact) mass is 394 g/mol. The summed E-state index contributed by atoms with van der Waals surface area (Å²) in [5, 5.41) is 0.690. The van der Waals surface area contributed by atoms with Gasteiger partial charge in [0.15, 0.2) is 0 Å². The molecule has 1 aliphatic heterocycles. The van der Waals surface area contributed by atoms with Crippen molar-refractivity contribution in [1.82, 2.24) is 9.80 Å². The number of carbonyl (C=O) groups excluding carboxylic acids is 2. The SMILES string of the molecule is CC(C)N(Cc1ccc(Cl)cc1)C(=O)C1CCN(C(=O)OC(C)(C)C)CC1. The molecule has 1 fully saturated rings. The smallest absolute Gasteiger partial charge is 0.410 e. The molecule has 1 aromatic carbocycles. The lowest BCUT2D eigenvalue weighted by Gasteiger charge is -2.36. The summed E-state index contributed by atoms with van der Waals surface area (Å²) in [7, 11) is 0. The maximum Gasteiger partial charge on any atom is 0.410 e. The van der Waals surface area contributed by atoms with Gasteiger partial charge >= 0.3 is 6.09 Å². The number of hydrogen-bond donors (Lipinski definition) is 0. The fourth-order valence-corrected chi connectivity index (χ4v) is 3.30. The van der Waals surface area contributed by atoms with E-state index in [0.29, 0.717) is 37.5 Å². The molecule has 0 saturated carbocycles. The first kappa shape index (κ1) is 21.5. The van der Waals surface area contributed by atoms with E-state index < -0.39 is 5.60 Å². The quantitative estimate of drug-likeness (QED) is 0.742. The Morgan fingerprint density at radius 1 is 1.19 bits per heavy atom. The zero-order valence-corrected chi connectivity index (χ0v) is 17.8. The molecule has 1 saturated heterocycles. The molecule has 150 valence electrons. The highest BCUT2D eigenvalue weighted by Gasteiger charge is 2.32. The molecule has 0 unspecified atom stereocenters. The number of hydrogen-bond acceptors (Lipinski definition) is 3. The number of amides is 2. The second kappa shape index (κ2) is 8.96. The van der Waals surface area contributed by atoms with Crippen molar-refractivity contribution in [2.45, 2.75) is 65.6 Å². The minimum Gasteiger partial charge on any atom is -0.444 e. The number of nitrogens with zero attached hydrogens (tertiary/aromatic N) is 2. The Morgan fingerprint density at radius 3 is 2.22 bits per heavy atom. The van der Waals surface area contributed by atoms with Crippen LogP contribution in [0.3, 0.4) is 0 Å². The highest BCUT2D eigenvalue weighted by atomic mass is 35.5. The summed E-state index contributed by atoms with van der Waals surface area (Å²) >= 11 is 5.95. The predicted octanol–water partition coefficient (Wildman–Crippen LogP) is 4.72. The van der Waals surface area contributed by atoms with Gasteiger partial charge in [-0.25, -0.2) is 4.79 Å². The van der Waals surface area contributed by atoms with E-state index in [0.717, 1.165) is 5.56 Å². The topological polar surface area (TPSA) is 49.9 Å². The maximum absolute atomic E-state index is 13.1. The molecule has 0 radical (unpaired) electrons. The Balaban J connectivity index is 1.95. The van der Waals surface area contributed by atoms with Crippen LogP contribution in [0, 0.1) is 5.92 Å². The van der Waals surface area contributed by atoms with Gasteiger partial charge in [-0.3, -0.25) is 4.79 Å². The average molecular weight is 395 g/mol. The summed E-state index contributed by atoms with van der Waals surface area (Å²) < 4.78 is 5.43. The van der Waals surface area contributed by atoms with E-state index in [9.17, 15) is 9.59 Å². The lowest BCUT2D eigenvalue weighted by Crippen LogP contribution is -2.47. The zero-order chi connectivity index (χ0) is 20.2. The Bertz CT molecular complexity index is 644. The van der Waals surface area contributed by atoms with Gasteiger partial charge in [0.05, 0.1) is 0 Å². The molecule has 1 heterocycles. The molecular weight excluding hydrogens is 364 g/mol. The van der Waals surface area contributed by atoms with Crippen LogP contribution in [-0.2, 0) is 16.1 Å². The van der Waals surface area contributed by atoms with E-state index in [-0.39, 0.29) is 24.0 Å². The van der Waals surface area contributed by atoms with Crippen LogP contribution in [0.4, 0.5) is 4.79 Å². The van der Waals surface area contributed by atoms with E-state index >= 15 is 0 Å². The minimum absolute atomic E-state index is 0.0570. The van der Waals surface area contributed by atoms with Gasteiger partial charge in [0.25, 0.3) is 0 Å². The summed E-state index contributed by atoms with van der Waals surface area (Å²) in [5.74, 6) is 0.0992. The van der Waals surface area contributed by atoms with E-state index in [4.69, 9.17) is 16.3 Å². The number of piperidine rings is 1. The van der Waals surface area contributed by atoms with E-state index in [1.54, 1.807) is 4.90 Å². The van der Waals surface area contributed by atoms with Gasteiger partial charge in [0.1, 0.15) is 5.60 Å². The number of halogens is 1. The first-order chi connectivity index (χ1) is 12.6. The first-order valence-electron chi connectivity index (χ1n) is 9.59. The molecule has 0 spiro atoms. The molecule has 0 bridgehead atoms. The first-order valence-corrected chi connectivity index (χ1v) is 9.97. The zero-order valence-electron chi connectivity index (χ0n) is 17.0. The molecule has 27 heavy (non-hydrogen) atoms. The number of ether oxygens (including phenoxy) is 1. The molecule has 0 N–H and O–H groups in total. The third-order valence-electron chi connectivity index (χ3n) is 4.67. The maximum atomic E-state index is 13.1. The highest BCUT2D eigenvalue weighted by Crippen LogP contribution is 2.24. The third kappa shape index (κ3) is 6.42. The van der Waals surface area contributed by atoms with E-state index in [1.807, 2.05) is 63.8 Å². The van der Waals surface area contributed by atoms with Crippen molar-refractivity contribution in [2.24, 2.45) is 5.92 Å². The number of likely N-dealkylation sites (tertiary alicyclic amines) is 1. The molecular formula is C21H31ClN2O3. The Morgan fingerprint density at radius 2 is 1.74 bits per heavy atom. The highest BCUT2D eigenvalue weighted by molar-refractivity contribution is 6.30. The van der Waals surface area contributed by atoms with Crippen molar-refractivity contribution in [1.29, 1.82) is 0 Å². The van der Waals surface area contributed by atoms with Gasteiger partial charge in [-0.2, -0.15) is 0 Å². The predicted molar refractivity (Wildman–Crippen MR) is 108 cm³/mol. The van der Waals surface area contributed by atoms with Crippen molar-refractivity contribution in [3.63, 3.8) is 0 Å². The lowest BCUT2D eigenvalue weighted by molar-refractivity contribution is -0.139. The average Bonchev–Trinajstić information content (AvgIpc) is 2.59. The van der Waals surface area contributed by atoms with Crippen molar-refractivity contribution in [3.05, 3.63) is 34.9 Å².